The molecular formula is C24H30KN4O2S-. The van der Waals surface area contributed by atoms with Gasteiger partial charge in [0.2, 0.25) is 0 Å². The van der Waals surface area contributed by atoms with Gasteiger partial charge in [-0.05, 0) is 38.1 Å². The molecule has 1 N–H and O–H groups in total. The fourth-order valence-corrected chi connectivity index (χ4v) is 4.20. The second-order valence-corrected chi connectivity index (χ2v) is 8.61. The number of amides is 1. The van der Waals surface area contributed by atoms with Crippen LogP contribution in [0, 0.1) is 11.5 Å². The number of methoxy groups -OCH3 is 1. The van der Waals surface area contributed by atoms with E-state index in [1.54, 1.807) is 13.2 Å². The number of rotatable bonds is 5. The molecule has 32 heavy (non-hydrogen) atoms. The van der Waals surface area contributed by atoms with E-state index in [1.807, 2.05) is 54.3 Å². The second kappa shape index (κ2) is 14.1. The third-order valence-electron chi connectivity index (χ3n) is 4.85. The Hall–Kier alpha value is -1.29. The van der Waals surface area contributed by atoms with Crippen LogP contribution in [-0.2, 0) is 0 Å². The van der Waals surface area contributed by atoms with E-state index in [4.69, 9.17) is 16.9 Å². The number of aliphatic imine (C=N–C) groups is 1. The number of nitrogens with one attached hydrogen (secondary N) is 1. The molecule has 1 aromatic carbocycles. The van der Waals surface area contributed by atoms with E-state index in [9.17, 15) is 4.79 Å². The Morgan fingerprint density at radius 3 is 2.44 bits per heavy atom. The predicted octanol–water partition coefficient (Wildman–Crippen LogP) is 1.63. The van der Waals surface area contributed by atoms with Crippen LogP contribution in [-0.4, -0.2) is 60.5 Å². The van der Waals surface area contributed by atoms with Gasteiger partial charge in [0.25, 0.3) is 5.91 Å². The van der Waals surface area contributed by atoms with Gasteiger partial charge in [0.05, 0.1) is 17.5 Å². The Labute approximate surface area is 238 Å². The van der Waals surface area contributed by atoms with Crippen molar-refractivity contribution in [2.75, 3.05) is 26.7 Å². The van der Waals surface area contributed by atoms with Crippen molar-refractivity contribution in [3.05, 3.63) is 65.2 Å². The van der Waals surface area contributed by atoms with E-state index in [0.717, 1.165) is 17.2 Å². The molecule has 166 valence electrons. The molecule has 1 fully saturated rings. The van der Waals surface area contributed by atoms with Crippen molar-refractivity contribution in [3.63, 3.8) is 0 Å². The summed E-state index contributed by atoms with van der Waals surface area (Å²) in [6.45, 7) is 13.2. The van der Waals surface area contributed by atoms with Crippen LogP contribution in [0.5, 0.6) is 5.06 Å². The summed E-state index contributed by atoms with van der Waals surface area (Å²) < 4.78 is 5.17. The summed E-state index contributed by atoms with van der Waals surface area (Å²) in [6, 6.07) is 16.1. The first-order chi connectivity index (χ1) is 14.8. The molecular weight excluding hydrogens is 447 g/mol. The zero-order chi connectivity index (χ0) is 22.9. The summed E-state index contributed by atoms with van der Waals surface area (Å²) in [5.41, 5.74) is 0.396. The topological polar surface area (TPSA) is 69.0 Å². The molecule has 3 rings (SSSR count). The quantitative estimate of drug-likeness (QED) is 0.308. The maximum absolute atomic E-state index is 12.8. The average molecular weight is 478 g/mol. The van der Waals surface area contributed by atoms with Crippen LogP contribution >= 0.6 is 11.3 Å². The summed E-state index contributed by atoms with van der Waals surface area (Å²) in [7, 11) is 1.60. The van der Waals surface area contributed by atoms with E-state index in [1.165, 1.54) is 11.3 Å². The Bertz CT molecular complexity index is 885. The van der Waals surface area contributed by atoms with Gasteiger partial charge in [0.1, 0.15) is 0 Å². The number of hydrogen-bond acceptors (Lipinski definition) is 5. The van der Waals surface area contributed by atoms with Gasteiger partial charge in [0.15, 0.2) is 5.06 Å². The standard InChI is InChI=1S/C18H25N4O2S.C6H5.K/c1-6-7-13(16(19)20-4)22-11-10-21(12-18(22,2)3)17(23)14-8-9-15(24-5)25-14;1-2-4-6-5-3-1;/h4,7-9,19H,6,10-12H2,1-3,5H3;1-5H;/q2*-1;+1/b13-7+,19-16?;;. The second-order valence-electron chi connectivity index (χ2n) is 7.57. The maximum Gasteiger partial charge on any atom is 1.00 e. The van der Waals surface area contributed by atoms with Crippen molar-refractivity contribution >= 4 is 29.8 Å². The Morgan fingerprint density at radius 1 is 1.31 bits per heavy atom. The van der Waals surface area contributed by atoms with Crippen molar-refractivity contribution < 1.29 is 60.9 Å². The van der Waals surface area contributed by atoms with Gasteiger partial charge in [-0.3, -0.25) is 4.79 Å². The number of nitrogens with zero attached hydrogens (tertiary/aromatic N) is 3. The van der Waals surface area contributed by atoms with Crippen LogP contribution in [0.15, 0.2) is 59.2 Å². The maximum atomic E-state index is 12.8. The summed E-state index contributed by atoms with van der Waals surface area (Å²) in [4.78, 5) is 21.0. The van der Waals surface area contributed by atoms with Crippen molar-refractivity contribution in [1.29, 1.82) is 5.41 Å². The van der Waals surface area contributed by atoms with Crippen LogP contribution < -0.4 is 56.1 Å². The van der Waals surface area contributed by atoms with Crippen molar-refractivity contribution in [2.24, 2.45) is 4.99 Å². The molecule has 1 aliphatic heterocycles. The summed E-state index contributed by atoms with van der Waals surface area (Å²) in [5.74, 6) is 0.0818. The van der Waals surface area contributed by atoms with Crippen LogP contribution in [0.25, 0.3) is 0 Å². The third kappa shape index (κ3) is 7.93. The molecule has 2 heterocycles. The Morgan fingerprint density at radius 2 is 2.00 bits per heavy atom. The molecule has 1 aliphatic rings. The minimum atomic E-state index is -0.326. The number of amidine groups is 1. The van der Waals surface area contributed by atoms with E-state index < -0.39 is 0 Å². The number of benzene rings is 1. The monoisotopic (exact) mass is 477 g/mol. The fraction of sp³-hybridized carbons (Fsp3) is 0.375. The van der Waals surface area contributed by atoms with Crippen LogP contribution in [0.3, 0.4) is 0 Å². The normalized spacial score (nSPS) is 15.1. The van der Waals surface area contributed by atoms with Gasteiger partial charge in [0, 0.05) is 25.5 Å². The summed E-state index contributed by atoms with van der Waals surface area (Å²) >= 11 is 1.35. The van der Waals surface area contributed by atoms with E-state index in [0.29, 0.717) is 24.5 Å². The number of hydrogen-bond donors (Lipinski definition) is 1. The van der Waals surface area contributed by atoms with Gasteiger partial charge in [-0.25, -0.2) is 0 Å². The van der Waals surface area contributed by atoms with Gasteiger partial charge in [-0.1, -0.05) is 24.3 Å². The first-order valence-corrected chi connectivity index (χ1v) is 11.0. The predicted molar refractivity (Wildman–Crippen MR) is 127 cm³/mol. The number of thiophene rings is 1. The summed E-state index contributed by atoms with van der Waals surface area (Å²) in [6.07, 6.45) is 2.75. The Kier molecular flexibility index (Phi) is 12.6. The van der Waals surface area contributed by atoms with Gasteiger partial charge in [-0.15, -0.1) is 0 Å². The Balaban J connectivity index is 0.000000631. The number of ether oxygens (including phenoxy) is 1. The SMILES string of the molecule is [CH-]=NC(=N)/C(=C\CC)N1CCN(C(=O)c2ccc(OC)s2)CC1(C)C.[K+].[c-]1ccccc1. The molecule has 1 aromatic heterocycles. The summed E-state index contributed by atoms with van der Waals surface area (Å²) in [5, 5.41) is 8.74. The molecule has 0 unspecified atom stereocenters. The minimum Gasteiger partial charge on any atom is -0.487 e. The van der Waals surface area contributed by atoms with E-state index >= 15 is 0 Å². The van der Waals surface area contributed by atoms with Gasteiger partial charge >= 0.3 is 51.4 Å². The zero-order valence-corrected chi connectivity index (χ0v) is 23.5. The largest absolute Gasteiger partial charge is 1.00 e. The number of carbonyl (C=O) groups is 1. The first kappa shape index (κ1) is 28.7. The van der Waals surface area contributed by atoms with E-state index in [-0.39, 0.29) is 68.7 Å². The zero-order valence-electron chi connectivity index (χ0n) is 19.6. The van der Waals surface area contributed by atoms with Crippen LogP contribution in [0.4, 0.5) is 0 Å². The van der Waals surface area contributed by atoms with Gasteiger partial charge < -0.3 is 24.9 Å². The molecule has 0 spiro atoms. The van der Waals surface area contributed by atoms with Gasteiger partial charge in [-0.2, -0.15) is 43.1 Å². The number of carbonyl (C=O) groups excluding carboxylic acids is 1. The molecule has 0 bridgehead atoms. The molecule has 0 radical (unpaired) electrons. The average Bonchev–Trinajstić information content (AvgIpc) is 3.27. The van der Waals surface area contributed by atoms with Crippen LogP contribution in [0.1, 0.15) is 36.9 Å². The molecule has 0 atom stereocenters. The number of piperazine rings is 1. The smallest absolute Gasteiger partial charge is 0.487 e. The molecule has 2 aromatic rings. The van der Waals surface area contributed by atoms with Crippen molar-refractivity contribution in [3.8, 4) is 5.06 Å². The molecule has 6 nitrogen and oxygen atoms in total. The third-order valence-corrected chi connectivity index (χ3v) is 5.88. The first-order valence-electron chi connectivity index (χ1n) is 10.2. The molecule has 1 saturated heterocycles. The molecule has 8 heteroatoms. The minimum absolute atomic E-state index is 0. The fourth-order valence-electron chi connectivity index (χ4n) is 3.41. The van der Waals surface area contributed by atoms with E-state index in [2.05, 4.69) is 29.8 Å². The van der Waals surface area contributed by atoms with Crippen molar-refractivity contribution in [2.45, 2.75) is 32.7 Å². The van der Waals surface area contributed by atoms with Crippen molar-refractivity contribution in [1.82, 2.24) is 9.80 Å². The van der Waals surface area contributed by atoms with Crippen LogP contribution in [0.2, 0.25) is 0 Å². The molecule has 0 aliphatic carbocycles. The number of allylic oxidation sites excluding steroid dienone is 1. The molecule has 1 amide bonds. The molecule has 0 saturated carbocycles.